The summed E-state index contributed by atoms with van der Waals surface area (Å²) >= 11 is 0. The molecule has 2 aromatic carbocycles. The minimum atomic E-state index is -0.131. The van der Waals surface area contributed by atoms with Crippen molar-refractivity contribution in [2.75, 3.05) is 4.90 Å². The van der Waals surface area contributed by atoms with Crippen molar-refractivity contribution in [2.45, 2.75) is 12.8 Å². The fourth-order valence-corrected chi connectivity index (χ4v) is 5.77. The minimum Gasteiger partial charge on any atom is -0.274 e. The number of benzene rings is 2. The quantitative estimate of drug-likeness (QED) is 0.610. The molecule has 1 spiro atoms. The number of carbonyl (C=O) groups excluding carboxylic acids is 2. The van der Waals surface area contributed by atoms with Crippen molar-refractivity contribution in [2.24, 2.45) is 29.1 Å². The fourth-order valence-electron chi connectivity index (χ4n) is 5.77. The van der Waals surface area contributed by atoms with Gasteiger partial charge in [0.1, 0.15) is 0 Å². The Kier molecular flexibility index (Phi) is 2.63. The van der Waals surface area contributed by atoms with E-state index in [2.05, 4.69) is 24.3 Å². The van der Waals surface area contributed by atoms with Crippen LogP contribution in [0.25, 0.3) is 11.1 Å². The monoisotopic (exact) mass is 341 g/mol. The van der Waals surface area contributed by atoms with Crippen LogP contribution in [-0.4, -0.2) is 11.8 Å². The number of anilines is 1. The van der Waals surface area contributed by atoms with E-state index in [1.165, 1.54) is 17.7 Å². The number of carbonyl (C=O) groups is 2. The Morgan fingerprint density at radius 2 is 1.27 bits per heavy atom. The topological polar surface area (TPSA) is 37.4 Å². The van der Waals surface area contributed by atoms with E-state index in [-0.39, 0.29) is 40.9 Å². The van der Waals surface area contributed by atoms with E-state index in [4.69, 9.17) is 0 Å². The van der Waals surface area contributed by atoms with Crippen LogP contribution in [-0.2, 0) is 9.59 Å². The molecule has 3 nitrogen and oxygen atoms in total. The Labute approximate surface area is 152 Å². The second-order valence-electron chi connectivity index (χ2n) is 8.15. The van der Waals surface area contributed by atoms with Gasteiger partial charge in [-0.2, -0.15) is 0 Å². The van der Waals surface area contributed by atoms with Crippen molar-refractivity contribution in [1.82, 2.24) is 0 Å². The summed E-state index contributed by atoms with van der Waals surface area (Å²) in [6.07, 6.45) is 6.78. The molecule has 1 aliphatic heterocycles. The first-order chi connectivity index (χ1) is 12.7. The van der Waals surface area contributed by atoms with Gasteiger partial charge in [-0.3, -0.25) is 14.5 Å². The van der Waals surface area contributed by atoms with Crippen molar-refractivity contribution < 1.29 is 9.59 Å². The molecule has 128 valence electrons. The van der Waals surface area contributed by atoms with Gasteiger partial charge in [-0.1, -0.05) is 54.6 Å². The Morgan fingerprint density at radius 1 is 0.731 bits per heavy atom. The highest BCUT2D eigenvalue weighted by molar-refractivity contribution is 6.23. The highest BCUT2D eigenvalue weighted by Gasteiger charge is 2.73. The predicted octanol–water partition coefficient (Wildman–Crippen LogP) is 4.06. The third-order valence-corrected chi connectivity index (χ3v) is 7.09. The molecule has 4 atom stereocenters. The Hall–Kier alpha value is -2.68. The number of hydrogen-bond donors (Lipinski definition) is 0. The van der Waals surface area contributed by atoms with Crippen LogP contribution in [0.2, 0.25) is 0 Å². The van der Waals surface area contributed by atoms with Crippen LogP contribution in [0.1, 0.15) is 12.8 Å². The van der Waals surface area contributed by atoms with Crippen molar-refractivity contribution >= 4 is 17.5 Å². The van der Waals surface area contributed by atoms with Gasteiger partial charge in [0.2, 0.25) is 11.8 Å². The summed E-state index contributed by atoms with van der Waals surface area (Å²) in [4.78, 5) is 27.7. The van der Waals surface area contributed by atoms with E-state index >= 15 is 0 Å². The van der Waals surface area contributed by atoms with Gasteiger partial charge in [0, 0.05) is 0 Å². The van der Waals surface area contributed by atoms with Crippen LogP contribution in [0.4, 0.5) is 5.69 Å². The molecule has 6 rings (SSSR count). The van der Waals surface area contributed by atoms with Crippen molar-refractivity contribution in [3.63, 3.8) is 0 Å². The van der Waals surface area contributed by atoms with E-state index < -0.39 is 0 Å². The summed E-state index contributed by atoms with van der Waals surface area (Å²) in [5.74, 6) is 0.318. The smallest absolute Gasteiger partial charge is 0.238 e. The zero-order valence-corrected chi connectivity index (χ0v) is 14.3. The summed E-state index contributed by atoms with van der Waals surface area (Å²) in [5.41, 5.74) is 3.18. The molecule has 0 N–H and O–H groups in total. The van der Waals surface area contributed by atoms with Gasteiger partial charge in [0.25, 0.3) is 0 Å². The van der Waals surface area contributed by atoms with Crippen LogP contribution in [0.15, 0.2) is 66.7 Å². The first kappa shape index (κ1) is 14.5. The highest BCUT2D eigenvalue weighted by atomic mass is 16.2. The van der Waals surface area contributed by atoms with Crippen LogP contribution in [0.5, 0.6) is 0 Å². The molecule has 1 saturated heterocycles. The molecule has 2 aromatic rings. The standard InChI is InChI=1S/C23H19NO2/c25-21-19-17-10-11-18(23(17)12-13-23)20(19)22(26)24(21)16-8-6-15(7-9-16)14-4-2-1-3-5-14/h1-11,17-20H,12-13H2/t17-,18-,19+,20+/m1/s1. The Balaban J connectivity index is 1.34. The minimum absolute atomic E-state index is 0.00980. The van der Waals surface area contributed by atoms with Gasteiger partial charge in [-0.15, -0.1) is 0 Å². The summed E-state index contributed by atoms with van der Waals surface area (Å²) in [6, 6.07) is 17.9. The largest absolute Gasteiger partial charge is 0.274 e. The molecule has 0 unspecified atom stereocenters. The lowest BCUT2D eigenvalue weighted by molar-refractivity contribution is -0.123. The SMILES string of the molecule is O=C1[C@@H]2[C@@H](C(=O)N1c1ccc(-c3ccccc3)cc1)[C@H]1C=C[C@H]2C12CC2. The number of amides is 2. The molecule has 0 radical (unpaired) electrons. The molecule has 2 saturated carbocycles. The van der Waals surface area contributed by atoms with E-state index in [1.54, 1.807) is 0 Å². The normalized spacial score (nSPS) is 32.5. The maximum Gasteiger partial charge on any atom is 0.238 e. The van der Waals surface area contributed by atoms with Gasteiger partial charge in [-0.05, 0) is 53.4 Å². The van der Waals surface area contributed by atoms with Crippen molar-refractivity contribution in [3.8, 4) is 11.1 Å². The zero-order chi connectivity index (χ0) is 17.5. The summed E-state index contributed by atoms with van der Waals surface area (Å²) in [7, 11) is 0. The van der Waals surface area contributed by atoms with Crippen molar-refractivity contribution in [1.29, 1.82) is 0 Å². The van der Waals surface area contributed by atoms with Gasteiger partial charge in [0.15, 0.2) is 0 Å². The first-order valence-corrected chi connectivity index (χ1v) is 9.42. The maximum atomic E-state index is 13.1. The summed E-state index contributed by atoms with van der Waals surface area (Å²) < 4.78 is 0. The van der Waals surface area contributed by atoms with Gasteiger partial charge >= 0.3 is 0 Å². The predicted molar refractivity (Wildman–Crippen MR) is 99.1 cm³/mol. The van der Waals surface area contributed by atoms with E-state index in [0.29, 0.717) is 5.69 Å². The maximum absolute atomic E-state index is 13.1. The Bertz CT molecular complexity index is 921. The Morgan fingerprint density at radius 3 is 1.81 bits per heavy atom. The number of rotatable bonds is 2. The molecule has 2 bridgehead atoms. The van der Waals surface area contributed by atoms with Crippen LogP contribution in [0.3, 0.4) is 0 Å². The molecule has 4 aliphatic rings. The lowest BCUT2D eigenvalue weighted by atomic mass is 9.85. The average molecular weight is 341 g/mol. The second-order valence-corrected chi connectivity index (χ2v) is 8.15. The van der Waals surface area contributed by atoms with E-state index in [9.17, 15) is 9.59 Å². The molecular weight excluding hydrogens is 322 g/mol. The summed E-state index contributed by atoms with van der Waals surface area (Å²) in [6.45, 7) is 0. The number of allylic oxidation sites excluding steroid dienone is 2. The van der Waals surface area contributed by atoms with E-state index in [0.717, 1.165) is 11.1 Å². The van der Waals surface area contributed by atoms with Gasteiger partial charge in [-0.25, -0.2) is 0 Å². The van der Waals surface area contributed by atoms with E-state index in [1.807, 2.05) is 42.5 Å². The van der Waals surface area contributed by atoms with Crippen LogP contribution in [0, 0.1) is 29.1 Å². The molecule has 2 amide bonds. The van der Waals surface area contributed by atoms with Gasteiger partial charge < -0.3 is 0 Å². The number of nitrogens with zero attached hydrogens (tertiary/aromatic N) is 1. The molecular formula is C23H19NO2. The van der Waals surface area contributed by atoms with Crippen molar-refractivity contribution in [3.05, 3.63) is 66.7 Å². The third kappa shape index (κ3) is 1.64. The fraction of sp³-hybridized carbons (Fsp3) is 0.304. The molecule has 26 heavy (non-hydrogen) atoms. The molecule has 3 heteroatoms. The van der Waals surface area contributed by atoms with Gasteiger partial charge in [0.05, 0.1) is 17.5 Å². The van der Waals surface area contributed by atoms with Crippen LogP contribution >= 0.6 is 0 Å². The molecule has 0 aromatic heterocycles. The lowest BCUT2D eigenvalue weighted by Gasteiger charge is -2.22. The molecule has 1 heterocycles. The molecule has 3 aliphatic carbocycles. The number of hydrogen-bond acceptors (Lipinski definition) is 2. The highest BCUT2D eigenvalue weighted by Crippen LogP contribution is 2.73. The summed E-state index contributed by atoms with van der Waals surface area (Å²) in [5, 5.41) is 0. The third-order valence-electron chi connectivity index (χ3n) is 7.09. The number of fused-ring (bicyclic) bond motifs is 3. The zero-order valence-electron chi connectivity index (χ0n) is 14.3. The second kappa shape index (κ2) is 4.73. The average Bonchev–Trinajstić information content (AvgIpc) is 3.27. The molecule has 3 fully saturated rings. The lowest BCUT2D eigenvalue weighted by Crippen LogP contribution is -2.34. The first-order valence-electron chi connectivity index (χ1n) is 9.42. The number of imide groups is 1. The van der Waals surface area contributed by atoms with Crippen LogP contribution < -0.4 is 4.90 Å².